The number of rotatable bonds is 42. The van der Waals surface area contributed by atoms with Crippen LogP contribution < -0.4 is 11.5 Å². The summed E-state index contributed by atoms with van der Waals surface area (Å²) in [4.78, 5) is 0. The van der Waals surface area contributed by atoms with Gasteiger partial charge in [0.2, 0.25) is 0 Å². The Kier molecular flexibility index (Phi) is 32.2. The van der Waals surface area contributed by atoms with Gasteiger partial charge in [-0.25, -0.2) is 0 Å². The Labute approximate surface area is 354 Å². The molecule has 14 nitrogen and oxygen atoms in total. The molecule has 0 saturated heterocycles. The minimum Gasteiger partial charge on any atom is -0.374 e. The zero-order valence-corrected chi connectivity index (χ0v) is 42.7. The Morgan fingerprint density at radius 3 is 0.649 bits per heavy atom. The Balaban J connectivity index is 7.31. The van der Waals surface area contributed by atoms with E-state index in [1.165, 1.54) is 0 Å². The first-order chi connectivity index (χ1) is 27.4. The first-order valence-corrected chi connectivity index (χ1v) is 30.3. The van der Waals surface area contributed by atoms with Crippen molar-refractivity contribution in [3.05, 3.63) is 0 Å². The molecule has 0 aliphatic heterocycles. The van der Waals surface area contributed by atoms with Gasteiger partial charge in [0.05, 0.1) is 0 Å². The molecule has 0 atom stereocenters. The molecule has 0 unspecified atom stereocenters. The van der Waals surface area contributed by atoms with Crippen LogP contribution in [0.5, 0.6) is 0 Å². The summed E-state index contributed by atoms with van der Waals surface area (Å²) in [6, 6.07) is 2.64. The lowest BCUT2D eigenvalue weighted by Gasteiger charge is -2.50. The zero-order valence-electron chi connectivity index (χ0n) is 38.7. The number of nitrogens with two attached hydrogens (primary N) is 2. The van der Waals surface area contributed by atoms with E-state index in [1.54, 1.807) is 0 Å². The SMILES string of the molecule is CCO[Si](CCCC(N)(CCC[Si](OCC)(OCC)OCC)C(CN)(CCC[Si](OCC)(OCC)OCC)CCC[Si](OCC)(OCC)OCC)(OCC)OCC. The van der Waals surface area contributed by atoms with Gasteiger partial charge < -0.3 is 64.6 Å². The quantitative estimate of drug-likeness (QED) is 0.0568. The molecular weight excluding hydrogens is 801 g/mol. The van der Waals surface area contributed by atoms with Crippen molar-refractivity contribution >= 4 is 35.2 Å². The molecule has 4 N–H and O–H groups in total. The fourth-order valence-electron chi connectivity index (χ4n) is 8.22. The molecule has 0 fully saturated rings. The largest absolute Gasteiger partial charge is 0.500 e. The average Bonchev–Trinajstić information content (AvgIpc) is 3.15. The van der Waals surface area contributed by atoms with Gasteiger partial charge >= 0.3 is 35.2 Å². The van der Waals surface area contributed by atoms with Crippen molar-refractivity contribution in [3.63, 3.8) is 0 Å². The summed E-state index contributed by atoms with van der Waals surface area (Å²) >= 11 is 0. The summed E-state index contributed by atoms with van der Waals surface area (Å²) in [6.07, 6.45) is 5.94. The van der Waals surface area contributed by atoms with E-state index in [0.717, 1.165) is 38.5 Å². The van der Waals surface area contributed by atoms with Gasteiger partial charge in [0.15, 0.2) is 0 Å². The maximum Gasteiger partial charge on any atom is 0.500 e. The van der Waals surface area contributed by atoms with E-state index in [9.17, 15) is 0 Å². The second kappa shape index (κ2) is 32.1. The minimum atomic E-state index is -2.94. The molecule has 0 aliphatic carbocycles. The molecule has 0 aromatic rings. The van der Waals surface area contributed by atoms with E-state index >= 15 is 0 Å². The molecule has 344 valence electrons. The second-order valence-electron chi connectivity index (χ2n) is 14.0. The Morgan fingerprint density at radius 1 is 0.316 bits per heavy atom. The van der Waals surface area contributed by atoms with Gasteiger partial charge in [-0.05, 0) is 141 Å². The van der Waals surface area contributed by atoms with Gasteiger partial charge in [-0.2, -0.15) is 0 Å². The maximum absolute atomic E-state index is 7.98. The Morgan fingerprint density at radius 2 is 0.491 bits per heavy atom. The normalized spacial score (nSPS) is 13.6. The van der Waals surface area contributed by atoms with Crippen molar-refractivity contribution in [3.8, 4) is 0 Å². The van der Waals surface area contributed by atoms with E-state index in [-0.39, 0.29) is 0 Å². The number of hydrogen-bond donors (Lipinski definition) is 2. The van der Waals surface area contributed by atoms with Crippen LogP contribution in [0.4, 0.5) is 0 Å². The standard InChI is InChI=1S/C39H90N2O12Si4/c1-13-42-54(43-14-2,44-15-3)33-25-29-38(37-40,30-26-34-55(45-16-4,46-17-5)47-18-6)39(41,31-27-35-56(48-19-7,49-20-8)50-21-9)32-28-36-57(51-22-10,52-23-11)53-24-12/h13-37,40-41H2,1-12H3. The highest BCUT2D eigenvalue weighted by Crippen LogP contribution is 2.47. The van der Waals surface area contributed by atoms with Gasteiger partial charge in [-0.1, -0.05) is 0 Å². The third-order valence-corrected chi connectivity index (χ3v) is 22.9. The molecule has 0 saturated carbocycles. The molecule has 0 radical (unpaired) electrons. The minimum absolute atomic E-state index is 0.387. The molecule has 18 heteroatoms. The molecule has 0 spiro atoms. The Hall–Kier alpha value is 0.308. The van der Waals surface area contributed by atoms with Crippen molar-refractivity contribution in [2.24, 2.45) is 16.9 Å². The van der Waals surface area contributed by atoms with Crippen molar-refractivity contribution < 1.29 is 53.1 Å². The summed E-state index contributed by atoms with van der Waals surface area (Å²) in [5.74, 6) is 0. The molecular formula is C39H90N2O12Si4. The predicted octanol–water partition coefficient (Wildman–Crippen LogP) is 7.94. The topological polar surface area (TPSA) is 163 Å². The van der Waals surface area contributed by atoms with Crippen LogP contribution in [-0.2, 0) is 53.1 Å². The molecule has 0 aromatic heterocycles. The first kappa shape index (κ1) is 57.3. The van der Waals surface area contributed by atoms with Crippen LogP contribution in [0.2, 0.25) is 24.2 Å². The highest BCUT2D eigenvalue weighted by atomic mass is 28.4. The molecule has 0 rings (SSSR count). The summed E-state index contributed by atoms with van der Waals surface area (Å²) < 4.78 is 75.6. The molecule has 57 heavy (non-hydrogen) atoms. The van der Waals surface area contributed by atoms with E-state index < -0.39 is 46.2 Å². The van der Waals surface area contributed by atoms with Crippen LogP contribution >= 0.6 is 0 Å². The van der Waals surface area contributed by atoms with Crippen LogP contribution in [0.25, 0.3) is 0 Å². The maximum atomic E-state index is 7.98. The van der Waals surface area contributed by atoms with E-state index in [2.05, 4.69) is 0 Å². The van der Waals surface area contributed by atoms with Gasteiger partial charge in [0, 0.05) is 114 Å². The molecule has 0 bridgehead atoms. The van der Waals surface area contributed by atoms with E-state index in [4.69, 9.17) is 64.6 Å². The van der Waals surface area contributed by atoms with Gasteiger partial charge in [0.1, 0.15) is 0 Å². The molecule has 0 aliphatic rings. The van der Waals surface area contributed by atoms with Crippen molar-refractivity contribution in [1.29, 1.82) is 0 Å². The zero-order chi connectivity index (χ0) is 43.2. The summed E-state index contributed by atoms with van der Waals surface area (Å²) in [5.41, 5.74) is 13.8. The van der Waals surface area contributed by atoms with Gasteiger partial charge in [0.25, 0.3) is 0 Å². The Bertz CT molecular complexity index is 833. The highest BCUT2D eigenvalue weighted by Gasteiger charge is 2.51. The predicted molar refractivity (Wildman–Crippen MR) is 237 cm³/mol. The second-order valence-corrected chi connectivity index (χ2v) is 24.9. The van der Waals surface area contributed by atoms with Gasteiger partial charge in [-0.3, -0.25) is 0 Å². The third kappa shape index (κ3) is 19.5. The van der Waals surface area contributed by atoms with Crippen LogP contribution in [0.15, 0.2) is 0 Å². The van der Waals surface area contributed by atoms with Crippen molar-refractivity contribution in [2.45, 2.75) is 164 Å². The summed E-state index contributed by atoms with van der Waals surface area (Å²) in [5, 5.41) is 0. The van der Waals surface area contributed by atoms with E-state index in [1.807, 2.05) is 83.1 Å². The lowest BCUT2D eigenvalue weighted by Crippen LogP contribution is -2.60. The fourth-order valence-corrected chi connectivity index (χ4v) is 18.7. The fraction of sp³-hybridized carbons (Fsp3) is 1.00. The highest BCUT2D eigenvalue weighted by molar-refractivity contribution is 6.61. The van der Waals surface area contributed by atoms with Crippen LogP contribution in [0.3, 0.4) is 0 Å². The van der Waals surface area contributed by atoms with Crippen LogP contribution in [-0.4, -0.2) is 127 Å². The third-order valence-electron chi connectivity index (χ3n) is 10.3. The molecule has 0 aromatic carbocycles. The van der Waals surface area contributed by atoms with Crippen LogP contribution in [0, 0.1) is 5.41 Å². The lowest BCUT2D eigenvalue weighted by molar-refractivity contribution is 0.0483. The smallest absolute Gasteiger partial charge is 0.374 e. The molecule has 0 heterocycles. The molecule has 0 amide bonds. The summed E-state index contributed by atoms with van der Waals surface area (Å²) in [6.45, 7) is 30.5. The monoisotopic (exact) mass is 891 g/mol. The van der Waals surface area contributed by atoms with E-state index in [0.29, 0.717) is 123 Å². The first-order valence-electron chi connectivity index (χ1n) is 22.5. The van der Waals surface area contributed by atoms with Crippen LogP contribution in [0.1, 0.15) is 134 Å². The summed E-state index contributed by atoms with van der Waals surface area (Å²) in [7, 11) is -11.8. The van der Waals surface area contributed by atoms with Crippen molar-refractivity contribution in [2.75, 3.05) is 85.8 Å². The number of hydrogen-bond acceptors (Lipinski definition) is 14. The van der Waals surface area contributed by atoms with Crippen molar-refractivity contribution in [1.82, 2.24) is 0 Å². The van der Waals surface area contributed by atoms with Gasteiger partial charge in [-0.15, -0.1) is 0 Å². The average molecular weight is 891 g/mol. The lowest BCUT2D eigenvalue weighted by atomic mass is 9.61.